The molecule has 0 aliphatic heterocycles. The third kappa shape index (κ3) is 3.25. The second-order valence-electron chi connectivity index (χ2n) is 4.77. The zero-order valence-corrected chi connectivity index (χ0v) is 11.5. The second-order valence-corrected chi connectivity index (χ2v) is 4.77. The molecule has 1 heterocycles. The molecule has 1 N–H and O–H groups in total. The number of hydrogen-bond acceptors (Lipinski definition) is 4. The highest BCUT2D eigenvalue weighted by Gasteiger charge is 2.07. The Bertz CT molecular complexity index is 720. The maximum atomic E-state index is 12.8. The van der Waals surface area contributed by atoms with Crippen LogP contribution in [0.2, 0.25) is 0 Å². The lowest BCUT2D eigenvalue weighted by Crippen LogP contribution is -1.99. The summed E-state index contributed by atoms with van der Waals surface area (Å²) in [5.41, 5.74) is 3.02. The molecular weight excluding hydrogens is 269 g/mol. The molecule has 3 rings (SSSR count). The van der Waals surface area contributed by atoms with E-state index in [9.17, 15) is 4.39 Å². The van der Waals surface area contributed by atoms with Gasteiger partial charge in [0.2, 0.25) is 5.82 Å². The molecule has 2 aromatic carbocycles. The summed E-state index contributed by atoms with van der Waals surface area (Å²) < 4.78 is 18.0. The standard InChI is InChI=1S/C16H14FN3O/c1-11-2-6-13(7-3-11)15-19-16(21-20-15)18-10-12-4-8-14(17)9-5-12/h2-9H,10H2,1H3,(H,18,19,20). The zero-order valence-electron chi connectivity index (χ0n) is 11.5. The van der Waals surface area contributed by atoms with Gasteiger partial charge < -0.3 is 9.84 Å². The van der Waals surface area contributed by atoms with Crippen LogP contribution in [-0.4, -0.2) is 10.1 Å². The van der Waals surface area contributed by atoms with Gasteiger partial charge in [-0.1, -0.05) is 47.1 Å². The number of rotatable bonds is 4. The summed E-state index contributed by atoms with van der Waals surface area (Å²) in [7, 11) is 0. The van der Waals surface area contributed by atoms with E-state index in [1.165, 1.54) is 17.7 Å². The number of halogens is 1. The van der Waals surface area contributed by atoms with Crippen LogP contribution < -0.4 is 5.32 Å². The van der Waals surface area contributed by atoms with Crippen molar-refractivity contribution in [3.05, 3.63) is 65.5 Å². The van der Waals surface area contributed by atoms with E-state index in [1.54, 1.807) is 12.1 Å². The van der Waals surface area contributed by atoms with E-state index in [0.29, 0.717) is 18.4 Å². The van der Waals surface area contributed by atoms with Gasteiger partial charge in [0.05, 0.1) is 0 Å². The molecule has 0 saturated carbocycles. The Balaban J connectivity index is 1.67. The van der Waals surface area contributed by atoms with Crippen LogP contribution in [0.15, 0.2) is 53.1 Å². The Hall–Kier alpha value is -2.69. The molecule has 0 spiro atoms. The molecule has 3 aromatic rings. The zero-order chi connectivity index (χ0) is 14.7. The molecule has 106 valence electrons. The van der Waals surface area contributed by atoms with Crippen LogP contribution in [0.4, 0.5) is 10.4 Å². The molecule has 4 nitrogen and oxygen atoms in total. The summed E-state index contributed by atoms with van der Waals surface area (Å²) in [4.78, 5) is 4.28. The van der Waals surface area contributed by atoms with E-state index < -0.39 is 0 Å². The number of nitrogens with one attached hydrogen (secondary N) is 1. The van der Waals surface area contributed by atoms with Crippen LogP contribution in [0, 0.1) is 12.7 Å². The van der Waals surface area contributed by atoms with Crippen LogP contribution in [0.1, 0.15) is 11.1 Å². The van der Waals surface area contributed by atoms with E-state index >= 15 is 0 Å². The van der Waals surface area contributed by atoms with Crippen molar-refractivity contribution in [3.8, 4) is 11.4 Å². The number of aromatic nitrogens is 2. The van der Waals surface area contributed by atoms with Gasteiger partial charge in [0.15, 0.2) is 0 Å². The fraction of sp³-hybridized carbons (Fsp3) is 0.125. The highest BCUT2D eigenvalue weighted by molar-refractivity contribution is 5.55. The molecule has 0 aliphatic carbocycles. The Morgan fingerprint density at radius 3 is 2.48 bits per heavy atom. The van der Waals surface area contributed by atoms with E-state index in [1.807, 2.05) is 31.2 Å². The van der Waals surface area contributed by atoms with Crippen molar-refractivity contribution in [1.82, 2.24) is 10.1 Å². The lowest BCUT2D eigenvalue weighted by Gasteiger charge is -2.00. The van der Waals surface area contributed by atoms with Crippen LogP contribution >= 0.6 is 0 Å². The molecule has 0 radical (unpaired) electrons. The minimum atomic E-state index is -0.252. The summed E-state index contributed by atoms with van der Waals surface area (Å²) in [5.74, 6) is 0.287. The molecule has 1 aromatic heterocycles. The second kappa shape index (κ2) is 5.75. The Kier molecular flexibility index (Phi) is 3.64. The highest BCUT2D eigenvalue weighted by atomic mass is 19.1. The third-order valence-corrected chi connectivity index (χ3v) is 3.09. The summed E-state index contributed by atoms with van der Waals surface area (Å²) in [5, 5.41) is 6.95. The van der Waals surface area contributed by atoms with Gasteiger partial charge in [-0.25, -0.2) is 4.39 Å². The monoisotopic (exact) mass is 283 g/mol. The molecule has 0 fully saturated rings. The number of anilines is 1. The fourth-order valence-electron chi connectivity index (χ4n) is 1.90. The van der Waals surface area contributed by atoms with E-state index in [4.69, 9.17) is 4.52 Å². The van der Waals surface area contributed by atoms with Crippen LogP contribution in [0.5, 0.6) is 0 Å². The average molecular weight is 283 g/mol. The molecule has 21 heavy (non-hydrogen) atoms. The van der Waals surface area contributed by atoms with Gasteiger partial charge in [-0.2, -0.15) is 4.98 Å². The quantitative estimate of drug-likeness (QED) is 0.791. The average Bonchev–Trinajstić information content (AvgIpc) is 2.96. The van der Waals surface area contributed by atoms with Crippen LogP contribution in [0.25, 0.3) is 11.4 Å². The Morgan fingerprint density at radius 1 is 1.05 bits per heavy atom. The maximum absolute atomic E-state index is 12.8. The van der Waals surface area contributed by atoms with Crippen molar-refractivity contribution in [3.63, 3.8) is 0 Å². The lowest BCUT2D eigenvalue weighted by atomic mass is 10.1. The van der Waals surface area contributed by atoms with E-state index in [2.05, 4.69) is 15.5 Å². The smallest absolute Gasteiger partial charge is 0.322 e. The van der Waals surface area contributed by atoms with Gasteiger partial charge in [0.1, 0.15) is 5.82 Å². The molecule has 5 heteroatoms. The number of aryl methyl sites for hydroxylation is 1. The van der Waals surface area contributed by atoms with Crippen molar-refractivity contribution < 1.29 is 8.91 Å². The molecular formula is C16H14FN3O. The molecule has 0 aliphatic rings. The van der Waals surface area contributed by atoms with Gasteiger partial charge in [0, 0.05) is 12.1 Å². The van der Waals surface area contributed by atoms with Gasteiger partial charge >= 0.3 is 6.01 Å². The van der Waals surface area contributed by atoms with Gasteiger partial charge in [-0.15, -0.1) is 0 Å². The predicted molar refractivity (Wildman–Crippen MR) is 78.2 cm³/mol. The van der Waals surface area contributed by atoms with Gasteiger partial charge in [-0.05, 0) is 24.6 Å². The number of hydrogen-bond donors (Lipinski definition) is 1. The molecule has 0 atom stereocenters. The van der Waals surface area contributed by atoms with Gasteiger partial charge in [0.25, 0.3) is 0 Å². The maximum Gasteiger partial charge on any atom is 0.322 e. The summed E-state index contributed by atoms with van der Waals surface area (Å²) in [6.45, 7) is 2.52. The van der Waals surface area contributed by atoms with E-state index in [-0.39, 0.29) is 5.82 Å². The first kappa shape index (κ1) is 13.3. The number of benzene rings is 2. The van der Waals surface area contributed by atoms with Crippen molar-refractivity contribution in [2.45, 2.75) is 13.5 Å². The fourth-order valence-corrected chi connectivity index (χ4v) is 1.90. The lowest BCUT2D eigenvalue weighted by molar-refractivity contribution is 0.432. The summed E-state index contributed by atoms with van der Waals surface area (Å²) in [6, 6.07) is 14.5. The highest BCUT2D eigenvalue weighted by Crippen LogP contribution is 2.18. The predicted octanol–water partition coefficient (Wildman–Crippen LogP) is 3.80. The van der Waals surface area contributed by atoms with Crippen molar-refractivity contribution in [2.75, 3.05) is 5.32 Å². The summed E-state index contributed by atoms with van der Waals surface area (Å²) >= 11 is 0. The van der Waals surface area contributed by atoms with Crippen LogP contribution in [-0.2, 0) is 6.54 Å². The Labute approximate surface area is 121 Å². The largest absolute Gasteiger partial charge is 0.334 e. The topological polar surface area (TPSA) is 51.0 Å². The molecule has 0 unspecified atom stereocenters. The van der Waals surface area contributed by atoms with Crippen molar-refractivity contribution in [2.24, 2.45) is 0 Å². The van der Waals surface area contributed by atoms with Gasteiger partial charge in [-0.3, -0.25) is 0 Å². The molecule has 0 bridgehead atoms. The van der Waals surface area contributed by atoms with Crippen LogP contribution in [0.3, 0.4) is 0 Å². The number of nitrogens with zero attached hydrogens (tertiary/aromatic N) is 2. The van der Waals surface area contributed by atoms with Crippen molar-refractivity contribution >= 4 is 6.01 Å². The minimum absolute atomic E-state index is 0.252. The molecule has 0 saturated heterocycles. The first-order valence-electron chi connectivity index (χ1n) is 6.60. The normalized spacial score (nSPS) is 10.6. The molecule has 0 amide bonds. The first-order valence-corrected chi connectivity index (χ1v) is 6.60. The Morgan fingerprint density at radius 2 is 1.76 bits per heavy atom. The summed E-state index contributed by atoms with van der Waals surface area (Å²) in [6.07, 6.45) is 0. The van der Waals surface area contributed by atoms with E-state index in [0.717, 1.165) is 11.1 Å². The SMILES string of the molecule is Cc1ccc(-c2noc(NCc3ccc(F)cc3)n2)cc1. The van der Waals surface area contributed by atoms with Crippen molar-refractivity contribution in [1.29, 1.82) is 0 Å². The minimum Gasteiger partial charge on any atom is -0.334 e. The first-order chi connectivity index (χ1) is 10.2. The third-order valence-electron chi connectivity index (χ3n) is 3.09.